The summed E-state index contributed by atoms with van der Waals surface area (Å²) in [5, 5.41) is 7.56. The SMILES string of the molecule is Sc1nnc(COc2ccccc2)o1. The first-order valence-corrected chi connectivity index (χ1v) is 4.48. The lowest BCUT2D eigenvalue weighted by atomic mass is 10.3. The van der Waals surface area contributed by atoms with Crippen LogP contribution in [0.4, 0.5) is 0 Å². The summed E-state index contributed by atoms with van der Waals surface area (Å²) in [7, 11) is 0. The number of benzene rings is 1. The molecule has 0 saturated carbocycles. The predicted molar refractivity (Wildman–Crippen MR) is 52.3 cm³/mol. The highest BCUT2D eigenvalue weighted by Gasteiger charge is 2.02. The zero-order valence-electron chi connectivity index (χ0n) is 7.25. The van der Waals surface area contributed by atoms with E-state index in [4.69, 9.17) is 9.15 Å². The Balaban J connectivity index is 1.95. The lowest BCUT2D eigenvalue weighted by Gasteiger charge is -2.01. The number of rotatable bonds is 3. The van der Waals surface area contributed by atoms with Gasteiger partial charge in [-0.25, -0.2) is 0 Å². The summed E-state index contributed by atoms with van der Waals surface area (Å²) in [5.41, 5.74) is 0. The lowest BCUT2D eigenvalue weighted by Crippen LogP contribution is -1.95. The van der Waals surface area contributed by atoms with Crippen molar-refractivity contribution in [3.8, 4) is 5.75 Å². The second kappa shape index (κ2) is 4.15. The van der Waals surface area contributed by atoms with E-state index in [1.54, 1.807) is 0 Å². The van der Waals surface area contributed by atoms with Crippen LogP contribution in [0.5, 0.6) is 5.75 Å². The Labute approximate surface area is 86.3 Å². The molecule has 0 radical (unpaired) electrons. The van der Waals surface area contributed by atoms with Gasteiger partial charge in [0.1, 0.15) is 5.75 Å². The topological polar surface area (TPSA) is 48.2 Å². The summed E-state index contributed by atoms with van der Waals surface area (Å²) in [5.74, 6) is 1.19. The standard InChI is InChI=1S/C9H8N2O2S/c14-9-11-10-8(13-9)6-12-7-4-2-1-3-5-7/h1-5H,6H2,(H,11,14). The Morgan fingerprint density at radius 2 is 2.00 bits per heavy atom. The third-order valence-electron chi connectivity index (χ3n) is 1.56. The monoisotopic (exact) mass is 208 g/mol. The fourth-order valence-corrected chi connectivity index (χ4v) is 1.11. The van der Waals surface area contributed by atoms with E-state index in [0.29, 0.717) is 5.89 Å². The van der Waals surface area contributed by atoms with E-state index in [1.807, 2.05) is 30.3 Å². The molecule has 0 aliphatic heterocycles. The van der Waals surface area contributed by atoms with Gasteiger partial charge in [-0.15, -0.1) is 10.2 Å². The van der Waals surface area contributed by atoms with Gasteiger partial charge in [-0.3, -0.25) is 0 Å². The summed E-state index contributed by atoms with van der Waals surface area (Å²) < 4.78 is 10.4. The van der Waals surface area contributed by atoms with Gasteiger partial charge in [-0.1, -0.05) is 30.8 Å². The van der Waals surface area contributed by atoms with Gasteiger partial charge < -0.3 is 9.15 Å². The number of hydrogen-bond donors (Lipinski definition) is 1. The minimum Gasteiger partial charge on any atom is -0.484 e. The highest BCUT2D eigenvalue weighted by molar-refractivity contribution is 7.80. The number of hydrogen-bond acceptors (Lipinski definition) is 5. The number of ether oxygens (including phenoxy) is 1. The van der Waals surface area contributed by atoms with E-state index in [-0.39, 0.29) is 11.8 Å². The first-order chi connectivity index (χ1) is 6.84. The molecule has 0 spiro atoms. The molecule has 5 heteroatoms. The first kappa shape index (κ1) is 9.08. The molecule has 1 heterocycles. The average Bonchev–Trinajstić information content (AvgIpc) is 2.63. The molecule has 0 aliphatic carbocycles. The second-order valence-corrected chi connectivity index (χ2v) is 2.96. The summed E-state index contributed by atoms with van der Waals surface area (Å²) >= 11 is 3.89. The molecule has 14 heavy (non-hydrogen) atoms. The quantitative estimate of drug-likeness (QED) is 0.783. The van der Waals surface area contributed by atoms with E-state index in [0.717, 1.165) is 5.75 Å². The van der Waals surface area contributed by atoms with Crippen molar-refractivity contribution in [1.29, 1.82) is 0 Å². The van der Waals surface area contributed by atoms with E-state index in [2.05, 4.69) is 22.8 Å². The van der Waals surface area contributed by atoms with Crippen LogP contribution in [0.2, 0.25) is 0 Å². The number of aromatic nitrogens is 2. The summed E-state index contributed by atoms with van der Waals surface area (Å²) in [6, 6.07) is 9.43. The Morgan fingerprint density at radius 1 is 1.21 bits per heavy atom. The van der Waals surface area contributed by atoms with E-state index < -0.39 is 0 Å². The first-order valence-electron chi connectivity index (χ1n) is 4.04. The van der Waals surface area contributed by atoms with E-state index in [9.17, 15) is 0 Å². The highest BCUT2D eigenvalue weighted by Crippen LogP contribution is 2.11. The molecular weight excluding hydrogens is 200 g/mol. The van der Waals surface area contributed by atoms with E-state index in [1.165, 1.54) is 0 Å². The molecule has 4 nitrogen and oxygen atoms in total. The molecule has 72 valence electrons. The van der Waals surface area contributed by atoms with Crippen LogP contribution < -0.4 is 4.74 Å². The Bertz CT molecular complexity index is 402. The molecule has 0 fully saturated rings. The normalized spacial score (nSPS) is 10.1. The summed E-state index contributed by atoms with van der Waals surface area (Å²) in [6.45, 7) is 0.261. The Kier molecular flexibility index (Phi) is 2.69. The van der Waals surface area contributed by atoms with Crippen molar-refractivity contribution >= 4 is 12.6 Å². The second-order valence-electron chi connectivity index (χ2n) is 2.58. The molecule has 2 aromatic rings. The van der Waals surface area contributed by atoms with Gasteiger partial charge in [0, 0.05) is 0 Å². The van der Waals surface area contributed by atoms with Gasteiger partial charge in [0.2, 0.25) is 0 Å². The largest absolute Gasteiger partial charge is 0.484 e. The van der Waals surface area contributed by atoms with Crippen LogP contribution in [0.1, 0.15) is 5.89 Å². The molecule has 0 bridgehead atoms. The number of thiol groups is 1. The van der Waals surface area contributed by atoms with E-state index >= 15 is 0 Å². The van der Waals surface area contributed by atoms with Gasteiger partial charge in [-0.2, -0.15) is 0 Å². The fraction of sp³-hybridized carbons (Fsp3) is 0.111. The molecule has 1 aromatic heterocycles. The maximum atomic E-state index is 5.38. The van der Waals surface area contributed by atoms with Crippen molar-refractivity contribution in [2.24, 2.45) is 0 Å². The molecule has 2 rings (SSSR count). The average molecular weight is 208 g/mol. The summed E-state index contributed by atoms with van der Waals surface area (Å²) in [4.78, 5) is 0. The van der Waals surface area contributed by atoms with Crippen LogP contribution in [0.15, 0.2) is 40.0 Å². The summed E-state index contributed by atoms with van der Waals surface area (Å²) in [6.07, 6.45) is 0. The van der Waals surface area contributed by atoms with Gasteiger partial charge >= 0.3 is 0 Å². The zero-order chi connectivity index (χ0) is 9.80. The van der Waals surface area contributed by atoms with Crippen molar-refractivity contribution in [3.05, 3.63) is 36.2 Å². The smallest absolute Gasteiger partial charge is 0.273 e. The van der Waals surface area contributed by atoms with Crippen LogP contribution >= 0.6 is 12.6 Å². The predicted octanol–water partition coefficient (Wildman–Crippen LogP) is 1.94. The molecular formula is C9H8N2O2S. The maximum Gasteiger partial charge on any atom is 0.273 e. The third kappa shape index (κ3) is 2.26. The van der Waals surface area contributed by atoms with Crippen molar-refractivity contribution in [3.63, 3.8) is 0 Å². The van der Waals surface area contributed by atoms with Crippen LogP contribution in [-0.4, -0.2) is 10.2 Å². The molecule has 0 unspecified atom stereocenters. The van der Waals surface area contributed by atoms with Gasteiger partial charge in [0.15, 0.2) is 6.61 Å². The molecule has 0 N–H and O–H groups in total. The Hall–Kier alpha value is -1.49. The van der Waals surface area contributed by atoms with Crippen molar-refractivity contribution in [2.45, 2.75) is 11.8 Å². The van der Waals surface area contributed by atoms with Crippen LogP contribution in [-0.2, 0) is 6.61 Å². The van der Waals surface area contributed by atoms with Gasteiger partial charge in [-0.05, 0) is 12.1 Å². The van der Waals surface area contributed by atoms with Crippen LogP contribution in [0.25, 0.3) is 0 Å². The van der Waals surface area contributed by atoms with Crippen LogP contribution in [0.3, 0.4) is 0 Å². The van der Waals surface area contributed by atoms with Gasteiger partial charge in [0.05, 0.1) is 0 Å². The van der Waals surface area contributed by atoms with Gasteiger partial charge in [0.25, 0.3) is 11.1 Å². The van der Waals surface area contributed by atoms with Crippen molar-refractivity contribution < 1.29 is 9.15 Å². The van der Waals surface area contributed by atoms with Crippen molar-refractivity contribution in [1.82, 2.24) is 10.2 Å². The van der Waals surface area contributed by atoms with Crippen molar-refractivity contribution in [2.75, 3.05) is 0 Å². The third-order valence-corrected chi connectivity index (χ3v) is 1.74. The number of para-hydroxylation sites is 1. The maximum absolute atomic E-state index is 5.38. The molecule has 0 amide bonds. The zero-order valence-corrected chi connectivity index (χ0v) is 8.15. The fourth-order valence-electron chi connectivity index (χ4n) is 0.965. The lowest BCUT2D eigenvalue weighted by molar-refractivity contribution is 0.252. The minimum atomic E-state index is 0.247. The van der Waals surface area contributed by atoms with Crippen LogP contribution in [0, 0.1) is 0 Å². The Morgan fingerprint density at radius 3 is 2.64 bits per heavy atom. The minimum absolute atomic E-state index is 0.247. The number of nitrogens with zero attached hydrogens (tertiary/aromatic N) is 2. The molecule has 0 aliphatic rings. The molecule has 0 atom stereocenters. The molecule has 1 aromatic carbocycles. The molecule has 0 saturated heterocycles. The highest BCUT2D eigenvalue weighted by atomic mass is 32.1.